The Morgan fingerprint density at radius 3 is 2.44 bits per heavy atom. The van der Waals surface area contributed by atoms with Crippen molar-refractivity contribution in [3.63, 3.8) is 0 Å². The second-order valence-corrected chi connectivity index (χ2v) is 9.92. The molecule has 0 radical (unpaired) electrons. The molecule has 41 heavy (non-hydrogen) atoms. The van der Waals surface area contributed by atoms with Crippen LogP contribution < -0.4 is 10.6 Å². The van der Waals surface area contributed by atoms with E-state index in [1.54, 1.807) is 6.07 Å². The fraction of sp³-hybridized carbons (Fsp3) is 0.0667. The number of hydrogen-bond acceptors (Lipinski definition) is 2. The number of halogens is 6. The van der Waals surface area contributed by atoms with Gasteiger partial charge in [0.2, 0.25) is 0 Å². The van der Waals surface area contributed by atoms with Gasteiger partial charge in [-0.3, -0.25) is 9.59 Å². The van der Waals surface area contributed by atoms with Gasteiger partial charge in [-0.2, -0.15) is 13.2 Å². The smallest absolute Gasteiger partial charge is 0.355 e. The molecule has 5 aromatic rings. The molecule has 6 rings (SSSR count). The minimum absolute atomic E-state index is 0.0441. The summed E-state index contributed by atoms with van der Waals surface area (Å²) in [5.41, 5.74) is 0.574. The minimum atomic E-state index is -4.89. The summed E-state index contributed by atoms with van der Waals surface area (Å²) in [6.45, 7) is 0. The SMILES string of the molecule is O=C(Nc1cc(-c2cc3ccccc3[nH]2)cc2c1C(c1cc(F)ccc1Cl)NC2=O)c1cc(F)cc(C(F)(F)F)c1. The Bertz CT molecular complexity index is 1850. The number of carbonyl (C=O) groups is 2. The second kappa shape index (κ2) is 9.74. The number of benzene rings is 4. The van der Waals surface area contributed by atoms with E-state index in [0.29, 0.717) is 23.4 Å². The number of amides is 2. The second-order valence-electron chi connectivity index (χ2n) is 9.51. The highest BCUT2D eigenvalue weighted by Crippen LogP contribution is 2.42. The fourth-order valence-corrected chi connectivity index (χ4v) is 5.20. The quantitative estimate of drug-likeness (QED) is 0.189. The largest absolute Gasteiger partial charge is 0.416 e. The van der Waals surface area contributed by atoms with E-state index in [9.17, 15) is 31.5 Å². The summed E-state index contributed by atoms with van der Waals surface area (Å²) in [6.07, 6.45) is -4.89. The topological polar surface area (TPSA) is 74.0 Å². The molecule has 0 saturated heterocycles. The van der Waals surface area contributed by atoms with Crippen LogP contribution in [0.4, 0.5) is 27.6 Å². The van der Waals surface area contributed by atoms with Crippen molar-refractivity contribution in [1.82, 2.24) is 10.3 Å². The molecule has 0 aliphatic carbocycles. The number of aromatic amines is 1. The lowest BCUT2D eigenvalue weighted by molar-refractivity contribution is -0.137. The third kappa shape index (κ3) is 4.91. The molecule has 1 aromatic heterocycles. The van der Waals surface area contributed by atoms with Gasteiger partial charge in [0.15, 0.2) is 0 Å². The number of aromatic nitrogens is 1. The summed E-state index contributed by atoms with van der Waals surface area (Å²) in [4.78, 5) is 29.6. The van der Waals surface area contributed by atoms with Gasteiger partial charge in [0.1, 0.15) is 11.6 Å². The molecule has 0 fully saturated rings. The van der Waals surface area contributed by atoms with Crippen molar-refractivity contribution in [3.05, 3.63) is 123 Å². The van der Waals surface area contributed by atoms with Gasteiger partial charge in [-0.05, 0) is 60.7 Å². The van der Waals surface area contributed by atoms with Crippen LogP contribution in [0.1, 0.15) is 43.4 Å². The van der Waals surface area contributed by atoms with Crippen LogP contribution in [0.2, 0.25) is 5.02 Å². The Labute approximate surface area is 234 Å². The predicted molar refractivity (Wildman–Crippen MR) is 144 cm³/mol. The number of anilines is 1. The highest BCUT2D eigenvalue weighted by Gasteiger charge is 2.36. The molecule has 1 aliphatic rings. The number of hydrogen-bond donors (Lipinski definition) is 3. The van der Waals surface area contributed by atoms with Crippen molar-refractivity contribution in [2.24, 2.45) is 0 Å². The molecule has 0 spiro atoms. The fourth-order valence-electron chi connectivity index (χ4n) is 4.97. The maximum atomic E-state index is 14.2. The van der Waals surface area contributed by atoms with Crippen molar-refractivity contribution >= 4 is 40.0 Å². The van der Waals surface area contributed by atoms with Gasteiger partial charge in [-0.1, -0.05) is 29.8 Å². The summed E-state index contributed by atoms with van der Waals surface area (Å²) in [7, 11) is 0. The van der Waals surface area contributed by atoms with E-state index in [1.807, 2.05) is 30.3 Å². The van der Waals surface area contributed by atoms with Crippen molar-refractivity contribution in [3.8, 4) is 11.3 Å². The van der Waals surface area contributed by atoms with Gasteiger partial charge in [-0.15, -0.1) is 0 Å². The van der Waals surface area contributed by atoms with E-state index < -0.39 is 46.8 Å². The van der Waals surface area contributed by atoms with Gasteiger partial charge >= 0.3 is 6.18 Å². The van der Waals surface area contributed by atoms with Crippen LogP contribution in [0.5, 0.6) is 0 Å². The third-order valence-electron chi connectivity index (χ3n) is 6.83. The normalized spacial score (nSPS) is 14.7. The first-order chi connectivity index (χ1) is 19.5. The molecule has 2 amide bonds. The van der Waals surface area contributed by atoms with Crippen molar-refractivity contribution in [2.75, 3.05) is 5.32 Å². The van der Waals surface area contributed by atoms with E-state index in [4.69, 9.17) is 11.6 Å². The number of carbonyl (C=O) groups excluding carboxylic acids is 2. The van der Waals surface area contributed by atoms with Crippen LogP contribution >= 0.6 is 11.6 Å². The monoisotopic (exact) mass is 581 g/mol. The average molecular weight is 582 g/mol. The summed E-state index contributed by atoms with van der Waals surface area (Å²) in [5, 5.41) is 6.30. The Kier molecular flexibility index (Phi) is 6.30. The predicted octanol–water partition coefficient (Wildman–Crippen LogP) is 7.87. The van der Waals surface area contributed by atoms with Crippen LogP contribution in [0.3, 0.4) is 0 Å². The number of rotatable bonds is 4. The van der Waals surface area contributed by atoms with E-state index in [-0.39, 0.29) is 33.5 Å². The molecular formula is C30H17ClF5N3O2. The Balaban J connectivity index is 1.51. The van der Waals surface area contributed by atoms with Crippen LogP contribution in [0.25, 0.3) is 22.2 Å². The molecule has 0 saturated carbocycles. The summed E-state index contributed by atoms with van der Waals surface area (Å²) in [6, 6.07) is 16.5. The molecule has 1 aliphatic heterocycles. The first-order valence-corrected chi connectivity index (χ1v) is 12.6. The van der Waals surface area contributed by atoms with Crippen LogP contribution in [-0.4, -0.2) is 16.8 Å². The molecule has 0 bridgehead atoms. The first kappa shape index (κ1) is 26.5. The maximum absolute atomic E-state index is 14.2. The molecule has 206 valence electrons. The van der Waals surface area contributed by atoms with E-state index in [1.165, 1.54) is 12.1 Å². The van der Waals surface area contributed by atoms with Crippen molar-refractivity contribution in [1.29, 1.82) is 0 Å². The zero-order valence-corrected chi connectivity index (χ0v) is 21.4. The lowest BCUT2D eigenvalue weighted by atomic mass is 9.93. The Morgan fingerprint density at radius 1 is 0.902 bits per heavy atom. The minimum Gasteiger partial charge on any atom is -0.355 e. The van der Waals surface area contributed by atoms with Crippen molar-refractivity contribution < 1.29 is 31.5 Å². The van der Waals surface area contributed by atoms with E-state index in [0.717, 1.165) is 23.0 Å². The average Bonchev–Trinajstić information content (AvgIpc) is 3.50. The summed E-state index contributed by atoms with van der Waals surface area (Å²) >= 11 is 6.34. The lowest BCUT2D eigenvalue weighted by Crippen LogP contribution is -2.21. The van der Waals surface area contributed by atoms with Gasteiger partial charge in [-0.25, -0.2) is 8.78 Å². The van der Waals surface area contributed by atoms with Crippen LogP contribution in [-0.2, 0) is 6.18 Å². The van der Waals surface area contributed by atoms with Gasteiger partial charge in [0, 0.05) is 55.1 Å². The summed E-state index contributed by atoms with van der Waals surface area (Å²) in [5.74, 6) is -3.45. The molecule has 3 N–H and O–H groups in total. The van der Waals surface area contributed by atoms with E-state index >= 15 is 0 Å². The third-order valence-corrected chi connectivity index (χ3v) is 7.18. The Hall–Kier alpha value is -4.70. The van der Waals surface area contributed by atoms with Gasteiger partial charge in [0.05, 0.1) is 11.6 Å². The number of nitrogens with one attached hydrogen (secondary N) is 3. The van der Waals surface area contributed by atoms with Gasteiger partial charge in [0.25, 0.3) is 11.8 Å². The Morgan fingerprint density at radius 2 is 1.68 bits per heavy atom. The molecule has 1 atom stereocenters. The molecule has 5 nitrogen and oxygen atoms in total. The number of para-hydroxylation sites is 1. The molecular weight excluding hydrogens is 565 g/mol. The zero-order chi connectivity index (χ0) is 29.1. The molecule has 1 unspecified atom stereocenters. The molecule has 2 heterocycles. The van der Waals surface area contributed by atoms with Gasteiger partial charge < -0.3 is 15.6 Å². The number of alkyl halides is 3. The van der Waals surface area contributed by atoms with Crippen molar-refractivity contribution in [2.45, 2.75) is 12.2 Å². The standard InChI is InChI=1S/C30H17ClF5N3O2/c31-22-6-5-18(32)13-20(22)27-26-21(29(41)39-27)9-15(24-10-14-3-1-2-4-23(14)37-24)11-25(26)38-28(40)16-7-17(30(34,35)36)12-19(33)8-16/h1-13,27,37H,(H,38,40)(H,39,41). The van der Waals surface area contributed by atoms with E-state index in [2.05, 4.69) is 15.6 Å². The van der Waals surface area contributed by atoms with Crippen LogP contribution in [0, 0.1) is 11.6 Å². The summed E-state index contributed by atoms with van der Waals surface area (Å²) < 4.78 is 68.2. The maximum Gasteiger partial charge on any atom is 0.416 e. The number of H-pyrrole nitrogens is 1. The lowest BCUT2D eigenvalue weighted by Gasteiger charge is -2.19. The highest BCUT2D eigenvalue weighted by molar-refractivity contribution is 6.31. The molecule has 11 heteroatoms. The number of fused-ring (bicyclic) bond motifs is 2. The zero-order valence-electron chi connectivity index (χ0n) is 20.7. The van der Waals surface area contributed by atoms with Crippen LogP contribution in [0.15, 0.2) is 78.9 Å². The molecule has 4 aromatic carbocycles. The first-order valence-electron chi connectivity index (χ1n) is 12.2. The highest BCUT2D eigenvalue weighted by atomic mass is 35.5.